The average Bonchev–Trinajstić information content (AvgIpc) is 3.38. The summed E-state index contributed by atoms with van der Waals surface area (Å²) in [7, 11) is 0. The van der Waals surface area contributed by atoms with Crippen LogP contribution in [0.3, 0.4) is 0 Å². The summed E-state index contributed by atoms with van der Waals surface area (Å²) in [6.45, 7) is 8.93. The maximum absolute atomic E-state index is 13.6. The van der Waals surface area contributed by atoms with Gasteiger partial charge in [0.1, 0.15) is 10.0 Å². The molecule has 0 bridgehead atoms. The third kappa shape index (κ3) is 3.86. The Balaban J connectivity index is 1.52. The van der Waals surface area contributed by atoms with Gasteiger partial charge in [0.15, 0.2) is 0 Å². The molecule has 0 radical (unpaired) electrons. The lowest BCUT2D eigenvalue weighted by Crippen LogP contribution is -2.54. The molecule has 0 atom stereocenters. The number of hydrogen-bond donors (Lipinski definition) is 2. The molecule has 0 spiro atoms. The quantitative estimate of drug-likeness (QED) is 0.270. The van der Waals surface area contributed by atoms with Crippen LogP contribution in [0.5, 0.6) is 0 Å². The van der Waals surface area contributed by atoms with Gasteiger partial charge in [-0.15, -0.1) is 22.7 Å². The molecular formula is C29H27N3OS2. The third-order valence-electron chi connectivity index (χ3n) is 6.61. The Morgan fingerprint density at radius 2 is 1.69 bits per heavy atom. The van der Waals surface area contributed by atoms with Crippen LogP contribution in [0, 0.1) is 0 Å². The SMILES string of the molecule is CC1(C)Cc2c(sc(NC(=O)c3cccc4ccccc34)c2-c2nc3ccccc3s2)C(C)(C)N1. The highest BCUT2D eigenvalue weighted by molar-refractivity contribution is 7.23. The molecule has 0 unspecified atom stereocenters. The Labute approximate surface area is 213 Å². The first-order valence-electron chi connectivity index (χ1n) is 11.8. The fraction of sp³-hybridized carbons (Fsp3) is 0.241. The van der Waals surface area contributed by atoms with Crippen molar-refractivity contribution in [3.63, 3.8) is 0 Å². The van der Waals surface area contributed by atoms with Crippen molar-refractivity contribution in [1.29, 1.82) is 0 Å². The zero-order chi connectivity index (χ0) is 24.4. The van der Waals surface area contributed by atoms with Gasteiger partial charge in [0, 0.05) is 27.1 Å². The number of nitrogens with zero attached hydrogens (tertiary/aromatic N) is 1. The molecule has 0 saturated carbocycles. The summed E-state index contributed by atoms with van der Waals surface area (Å²) in [6, 6.07) is 22.1. The van der Waals surface area contributed by atoms with E-state index in [-0.39, 0.29) is 17.0 Å². The van der Waals surface area contributed by atoms with E-state index in [1.54, 1.807) is 22.7 Å². The van der Waals surface area contributed by atoms with Crippen LogP contribution >= 0.6 is 22.7 Å². The lowest BCUT2D eigenvalue weighted by atomic mass is 9.81. The Morgan fingerprint density at radius 3 is 2.51 bits per heavy atom. The van der Waals surface area contributed by atoms with Crippen LogP contribution in [-0.2, 0) is 12.0 Å². The van der Waals surface area contributed by atoms with Crippen LogP contribution in [0.2, 0.25) is 0 Å². The summed E-state index contributed by atoms with van der Waals surface area (Å²) in [5.41, 5.74) is 3.75. The van der Waals surface area contributed by atoms with Crippen molar-refractivity contribution in [2.45, 2.75) is 45.2 Å². The van der Waals surface area contributed by atoms with Crippen LogP contribution in [0.1, 0.15) is 48.5 Å². The molecule has 6 heteroatoms. The van der Waals surface area contributed by atoms with E-state index < -0.39 is 0 Å². The molecule has 4 nitrogen and oxygen atoms in total. The fourth-order valence-corrected chi connectivity index (χ4v) is 7.80. The molecule has 1 aliphatic heterocycles. The smallest absolute Gasteiger partial charge is 0.256 e. The Hall–Kier alpha value is -3.06. The molecule has 35 heavy (non-hydrogen) atoms. The molecule has 1 amide bonds. The van der Waals surface area contributed by atoms with E-state index in [1.807, 2.05) is 54.6 Å². The highest BCUT2D eigenvalue weighted by Gasteiger charge is 2.41. The second-order valence-electron chi connectivity index (χ2n) is 10.4. The minimum atomic E-state index is -0.213. The summed E-state index contributed by atoms with van der Waals surface area (Å²) in [5, 5.41) is 11.0. The molecule has 0 aliphatic carbocycles. The fourth-order valence-electron chi connectivity index (χ4n) is 5.41. The number of anilines is 1. The number of thiazole rings is 1. The van der Waals surface area contributed by atoms with E-state index in [9.17, 15) is 4.79 Å². The highest BCUT2D eigenvalue weighted by atomic mass is 32.1. The summed E-state index contributed by atoms with van der Waals surface area (Å²) in [5.74, 6) is -0.0900. The zero-order valence-corrected chi connectivity index (χ0v) is 21.9. The molecular weight excluding hydrogens is 470 g/mol. The Bertz CT molecular complexity index is 1570. The van der Waals surface area contributed by atoms with E-state index in [4.69, 9.17) is 4.98 Å². The molecule has 0 fully saturated rings. The van der Waals surface area contributed by atoms with Crippen LogP contribution in [-0.4, -0.2) is 16.4 Å². The first-order chi connectivity index (χ1) is 16.7. The van der Waals surface area contributed by atoms with Gasteiger partial charge in [-0.2, -0.15) is 0 Å². The number of para-hydroxylation sites is 1. The van der Waals surface area contributed by atoms with E-state index in [0.29, 0.717) is 5.56 Å². The maximum Gasteiger partial charge on any atom is 0.256 e. The molecule has 176 valence electrons. The van der Waals surface area contributed by atoms with Crippen LogP contribution in [0.4, 0.5) is 5.00 Å². The first-order valence-corrected chi connectivity index (χ1v) is 13.5. The van der Waals surface area contributed by atoms with E-state index >= 15 is 0 Å². The van der Waals surface area contributed by atoms with E-state index in [2.05, 4.69) is 50.5 Å². The number of benzene rings is 3. The molecule has 6 rings (SSSR count). The summed E-state index contributed by atoms with van der Waals surface area (Å²) in [6.07, 6.45) is 0.873. The van der Waals surface area contributed by atoms with Gasteiger partial charge in [0.25, 0.3) is 5.91 Å². The standard InChI is InChI=1S/C29H27N3OS2/c1-28(2)16-20-23(26-30-21-14-7-8-15-22(21)34-26)27(35-24(20)29(3,4)32-28)31-25(33)19-13-9-11-17-10-5-6-12-18(17)19/h5-15,32H,16H2,1-4H3,(H,31,33). The molecule has 1 aliphatic rings. The maximum atomic E-state index is 13.6. The number of carbonyl (C=O) groups is 1. The Morgan fingerprint density at radius 1 is 0.943 bits per heavy atom. The zero-order valence-electron chi connectivity index (χ0n) is 20.2. The van der Waals surface area contributed by atoms with E-state index in [1.165, 1.54) is 10.4 Å². The second-order valence-corrected chi connectivity index (χ2v) is 12.4. The summed E-state index contributed by atoms with van der Waals surface area (Å²) >= 11 is 3.37. The number of thiophene rings is 1. The third-order valence-corrected chi connectivity index (χ3v) is 9.14. The molecule has 2 N–H and O–H groups in total. The highest BCUT2D eigenvalue weighted by Crippen LogP contribution is 2.50. The molecule has 3 heterocycles. The van der Waals surface area contributed by atoms with Gasteiger partial charge < -0.3 is 10.6 Å². The summed E-state index contributed by atoms with van der Waals surface area (Å²) < 4.78 is 1.15. The molecule has 3 aromatic carbocycles. The van der Waals surface area contributed by atoms with Gasteiger partial charge >= 0.3 is 0 Å². The lowest BCUT2D eigenvalue weighted by molar-refractivity contribution is 0.102. The van der Waals surface area contributed by atoms with Crippen LogP contribution < -0.4 is 10.6 Å². The van der Waals surface area contributed by atoms with Crippen molar-refractivity contribution < 1.29 is 4.79 Å². The number of nitrogens with one attached hydrogen (secondary N) is 2. The van der Waals surface area contributed by atoms with Crippen LogP contribution in [0.25, 0.3) is 31.6 Å². The van der Waals surface area contributed by atoms with Crippen LogP contribution in [0.15, 0.2) is 66.7 Å². The van der Waals surface area contributed by atoms with E-state index in [0.717, 1.165) is 43.0 Å². The van der Waals surface area contributed by atoms with Crippen molar-refractivity contribution in [2.24, 2.45) is 0 Å². The number of amides is 1. The van der Waals surface area contributed by atoms with Gasteiger partial charge in [0.05, 0.1) is 10.2 Å². The molecule has 0 saturated heterocycles. The topological polar surface area (TPSA) is 54.0 Å². The predicted molar refractivity (Wildman–Crippen MR) is 149 cm³/mol. The first kappa shape index (κ1) is 22.4. The minimum Gasteiger partial charge on any atom is -0.313 e. The number of rotatable bonds is 3. The monoisotopic (exact) mass is 497 g/mol. The van der Waals surface area contributed by atoms with Crippen molar-refractivity contribution in [2.75, 3.05) is 5.32 Å². The van der Waals surface area contributed by atoms with Gasteiger partial charge in [-0.05, 0) is 68.7 Å². The number of hydrogen-bond acceptors (Lipinski definition) is 5. The van der Waals surface area contributed by atoms with Crippen molar-refractivity contribution in [3.05, 3.63) is 82.7 Å². The normalized spacial score (nSPS) is 16.3. The molecule has 2 aromatic heterocycles. The lowest BCUT2D eigenvalue weighted by Gasteiger charge is -2.42. The predicted octanol–water partition coefficient (Wildman–Crippen LogP) is 7.59. The Kier molecular flexibility index (Phi) is 5.11. The minimum absolute atomic E-state index is 0.0695. The van der Waals surface area contributed by atoms with Crippen molar-refractivity contribution >= 4 is 54.6 Å². The second kappa shape index (κ2) is 7.98. The number of aromatic nitrogens is 1. The largest absolute Gasteiger partial charge is 0.313 e. The van der Waals surface area contributed by atoms with Crippen molar-refractivity contribution in [1.82, 2.24) is 10.3 Å². The van der Waals surface area contributed by atoms with Crippen molar-refractivity contribution in [3.8, 4) is 10.6 Å². The van der Waals surface area contributed by atoms with Gasteiger partial charge in [-0.1, -0.05) is 48.5 Å². The number of fused-ring (bicyclic) bond motifs is 3. The summed E-state index contributed by atoms with van der Waals surface area (Å²) in [4.78, 5) is 19.9. The van der Waals surface area contributed by atoms with Gasteiger partial charge in [-0.3, -0.25) is 4.79 Å². The van der Waals surface area contributed by atoms with Gasteiger partial charge in [0.2, 0.25) is 0 Å². The molecule has 5 aromatic rings. The van der Waals surface area contributed by atoms with Gasteiger partial charge in [-0.25, -0.2) is 4.98 Å². The number of carbonyl (C=O) groups excluding carboxylic acids is 1. The average molecular weight is 498 g/mol.